The molecular formula is C65H55BrCl5N3O14. The molecule has 88 heavy (non-hydrogen) atoms. The number of nitrogen functional groups attached to an aromatic ring is 1. The van der Waals surface area contributed by atoms with Crippen LogP contribution in [0.25, 0.3) is 0 Å². The molecule has 10 rings (SSSR count). The number of fused-ring (bicyclic) bond motifs is 2. The van der Waals surface area contributed by atoms with Gasteiger partial charge in [-0.1, -0.05) is 153 Å². The molecule has 0 radical (unpaired) electrons. The summed E-state index contributed by atoms with van der Waals surface area (Å²) in [6.45, 7) is 4.38. The molecule has 17 nitrogen and oxygen atoms in total. The van der Waals surface area contributed by atoms with E-state index in [0.717, 1.165) is 22.3 Å². The summed E-state index contributed by atoms with van der Waals surface area (Å²) in [5.41, 5.74) is 14.4. The number of esters is 4. The highest BCUT2D eigenvalue weighted by molar-refractivity contribution is 9.08. The van der Waals surface area contributed by atoms with Crippen molar-refractivity contribution in [3.63, 3.8) is 0 Å². The first-order valence-corrected chi connectivity index (χ1v) is 28.8. The summed E-state index contributed by atoms with van der Waals surface area (Å²) >= 11 is 32.7. The van der Waals surface area contributed by atoms with E-state index < -0.39 is 29.8 Å². The largest absolute Gasteiger partial charge is 0.478 e. The Balaban J connectivity index is 0.000000197. The molecule has 2 aliphatic rings. The molecule has 0 aliphatic carbocycles. The Morgan fingerprint density at radius 2 is 0.818 bits per heavy atom. The van der Waals surface area contributed by atoms with Crippen LogP contribution in [0, 0.1) is 13.8 Å². The molecule has 2 heterocycles. The second kappa shape index (κ2) is 33.4. The number of carbonyl (C=O) groups excluding carboxylic acids is 6. The minimum absolute atomic E-state index is 0.150. The molecule has 8 aromatic carbocycles. The Kier molecular flexibility index (Phi) is 26.6. The van der Waals surface area contributed by atoms with Gasteiger partial charge >= 0.3 is 35.8 Å². The van der Waals surface area contributed by atoms with Gasteiger partial charge in [0.05, 0.1) is 111 Å². The van der Waals surface area contributed by atoms with E-state index in [9.17, 15) is 38.4 Å². The van der Waals surface area contributed by atoms with Gasteiger partial charge in [-0.05, 0) is 127 Å². The third-order valence-electron chi connectivity index (χ3n) is 12.7. The van der Waals surface area contributed by atoms with E-state index >= 15 is 0 Å². The van der Waals surface area contributed by atoms with Crippen LogP contribution >= 0.6 is 73.9 Å². The van der Waals surface area contributed by atoms with E-state index in [1.807, 2.05) is 37.3 Å². The standard InChI is InChI=1S/C16H12ClNO3.C15H10ClNO3.C9H8BrClO2.C9H9ClO2.C8H7ClO2.C8H9NO2/c1-21-16(20)10-4-2-6-12(8-10)18-9-11-5-3-7-13(17)14(11)15(18)19;16-12-6-2-4-10-8-17(14(18)13(10)12)11-5-1-3-9(7-11)15(19)20;1-13-9(12)8-6(5-10)3-2-4-7(8)11;1-6-4-3-5-7(10)8(6)9(11)12-2;1-5-3-2-4-6(9)7(5)8(10)11;1-11-8(10)6-3-2-4-7(9)5-6/h2-8H,9H2,1H3;1-7H,8H2,(H,19,20);2-4H,5H2,1H3;3-5H,1-2H3;2-4H,1H3,(H,10,11);2-5H,9H2,1H3. The number of carboxylic acids is 2. The number of nitrogens with zero attached hydrogens (tertiary/aromatic N) is 2. The maximum absolute atomic E-state index is 12.5. The number of halogens is 6. The van der Waals surface area contributed by atoms with Crippen LogP contribution in [0.1, 0.15) is 111 Å². The van der Waals surface area contributed by atoms with Gasteiger partial charge < -0.3 is 44.7 Å². The van der Waals surface area contributed by atoms with Gasteiger partial charge in [0.1, 0.15) is 0 Å². The fourth-order valence-electron chi connectivity index (χ4n) is 8.47. The minimum Gasteiger partial charge on any atom is -0.478 e. The first-order valence-electron chi connectivity index (χ1n) is 25.8. The molecule has 2 amide bonds. The number of ether oxygens (including phenoxy) is 4. The minimum atomic E-state index is -1.02. The van der Waals surface area contributed by atoms with Crippen molar-refractivity contribution in [3.8, 4) is 0 Å². The van der Waals surface area contributed by atoms with Crippen molar-refractivity contribution < 1.29 is 67.5 Å². The highest BCUT2D eigenvalue weighted by Crippen LogP contribution is 2.35. The first kappa shape index (κ1) is 70.0. The average Bonchev–Trinajstić information content (AvgIpc) is 1.91. The van der Waals surface area contributed by atoms with E-state index in [1.54, 1.807) is 133 Å². The van der Waals surface area contributed by atoms with Gasteiger partial charge in [-0.15, -0.1) is 0 Å². The van der Waals surface area contributed by atoms with Crippen molar-refractivity contribution in [3.05, 3.63) is 261 Å². The van der Waals surface area contributed by atoms with Crippen LogP contribution in [0.3, 0.4) is 0 Å². The molecule has 0 fully saturated rings. The van der Waals surface area contributed by atoms with E-state index in [0.29, 0.717) is 94.5 Å². The predicted octanol–water partition coefficient (Wildman–Crippen LogP) is 15.3. The summed E-state index contributed by atoms with van der Waals surface area (Å²) in [5, 5.41) is 20.3. The number of nitrogens with two attached hydrogens (primary N) is 1. The summed E-state index contributed by atoms with van der Waals surface area (Å²) < 4.78 is 18.4. The van der Waals surface area contributed by atoms with Crippen molar-refractivity contribution in [2.75, 3.05) is 44.0 Å². The molecule has 0 unspecified atom stereocenters. The van der Waals surface area contributed by atoms with Crippen LogP contribution in [0.2, 0.25) is 25.1 Å². The maximum Gasteiger partial charge on any atom is 0.339 e. The van der Waals surface area contributed by atoms with Crippen LogP contribution in [-0.4, -0.2) is 86.3 Å². The number of carboxylic acid groups (broad SMARTS) is 2. The van der Waals surface area contributed by atoms with Crippen LogP contribution in [0.4, 0.5) is 17.1 Å². The molecule has 0 saturated carbocycles. The van der Waals surface area contributed by atoms with Crippen molar-refractivity contribution >= 4 is 139 Å². The van der Waals surface area contributed by atoms with Crippen molar-refractivity contribution in [1.82, 2.24) is 0 Å². The lowest BCUT2D eigenvalue weighted by Crippen LogP contribution is -2.23. The summed E-state index contributed by atoms with van der Waals surface area (Å²) in [5.74, 6) is -3.94. The van der Waals surface area contributed by atoms with Crippen LogP contribution in [-0.2, 0) is 37.4 Å². The normalized spacial score (nSPS) is 11.3. The van der Waals surface area contributed by atoms with Gasteiger partial charge in [-0.3, -0.25) is 9.59 Å². The van der Waals surface area contributed by atoms with Crippen LogP contribution in [0.5, 0.6) is 0 Å². The Morgan fingerprint density at radius 1 is 0.455 bits per heavy atom. The van der Waals surface area contributed by atoms with E-state index in [2.05, 4.69) is 30.1 Å². The number of alkyl halides is 1. The predicted molar refractivity (Wildman–Crippen MR) is 343 cm³/mol. The van der Waals surface area contributed by atoms with Crippen molar-refractivity contribution in [1.29, 1.82) is 0 Å². The number of rotatable bonds is 9. The molecule has 23 heteroatoms. The van der Waals surface area contributed by atoms with E-state index in [-0.39, 0.29) is 33.9 Å². The van der Waals surface area contributed by atoms with Gasteiger partial charge in [-0.2, -0.15) is 0 Å². The molecule has 4 N–H and O–H groups in total. The van der Waals surface area contributed by atoms with Gasteiger partial charge in [-0.25, -0.2) is 28.8 Å². The molecule has 0 bridgehead atoms. The molecular weight excluding hydrogens is 1300 g/mol. The topological polar surface area (TPSA) is 246 Å². The highest BCUT2D eigenvalue weighted by atomic mass is 79.9. The smallest absolute Gasteiger partial charge is 0.339 e. The lowest BCUT2D eigenvalue weighted by Gasteiger charge is -2.16. The third-order valence-corrected chi connectivity index (χ3v) is 14.9. The molecule has 0 spiro atoms. The third kappa shape index (κ3) is 18.2. The van der Waals surface area contributed by atoms with Gasteiger partial charge in [0.15, 0.2) is 0 Å². The number of amides is 2. The number of anilines is 3. The summed E-state index contributed by atoms with van der Waals surface area (Å²) in [6, 6.07) is 46.1. The molecule has 0 saturated heterocycles. The lowest BCUT2D eigenvalue weighted by molar-refractivity contribution is 0.0591. The quantitative estimate of drug-likeness (QED) is 0.0526. The fraction of sp³-hybridized carbons (Fsp3) is 0.138. The number of methoxy groups -OCH3 is 4. The Morgan fingerprint density at radius 3 is 1.22 bits per heavy atom. The Bertz CT molecular complexity index is 3880. The molecule has 2 aliphatic heterocycles. The van der Waals surface area contributed by atoms with Gasteiger partial charge in [0, 0.05) is 22.4 Å². The molecule has 0 atom stereocenters. The highest BCUT2D eigenvalue weighted by Gasteiger charge is 2.32. The SMILES string of the molecule is COC(=O)c1c(C)cccc1Cl.COC(=O)c1c(Cl)cccc1CBr.COC(=O)c1cccc(N)c1.COC(=O)c1cccc(N2Cc3cccc(Cl)c3C2=O)c1.Cc1cccc(Cl)c1C(=O)O.O=C(O)c1cccc(N2Cc3cccc(Cl)c3C2=O)c1. The summed E-state index contributed by atoms with van der Waals surface area (Å²) in [7, 11) is 5.34. The van der Waals surface area contributed by atoms with E-state index in [4.69, 9.17) is 78.7 Å². The summed E-state index contributed by atoms with van der Waals surface area (Å²) in [6.07, 6.45) is 0. The van der Waals surface area contributed by atoms with E-state index in [1.165, 1.54) is 45.5 Å². The average molecular weight is 1360 g/mol. The van der Waals surface area contributed by atoms with Crippen molar-refractivity contribution in [2.24, 2.45) is 0 Å². The van der Waals surface area contributed by atoms with Crippen molar-refractivity contribution in [2.45, 2.75) is 32.3 Å². The second-order valence-corrected chi connectivity index (χ2v) is 21.0. The number of hydrogen-bond donors (Lipinski definition) is 3. The van der Waals surface area contributed by atoms with Gasteiger partial charge in [0.2, 0.25) is 0 Å². The maximum atomic E-state index is 12.5. The molecule has 0 aromatic heterocycles. The Hall–Kier alpha value is -8.75. The fourth-order valence-corrected chi connectivity index (χ4v) is 10.4. The number of aromatic carboxylic acids is 2. The van der Waals surface area contributed by atoms with Crippen LogP contribution < -0.4 is 15.5 Å². The van der Waals surface area contributed by atoms with Gasteiger partial charge in [0.25, 0.3) is 11.8 Å². The Labute approximate surface area is 540 Å². The number of hydrogen-bond acceptors (Lipinski definition) is 13. The monoisotopic (exact) mass is 1360 g/mol. The molecule has 8 aromatic rings. The molecule has 456 valence electrons. The zero-order valence-corrected chi connectivity index (χ0v) is 53.1. The van der Waals surface area contributed by atoms with Crippen LogP contribution in [0.15, 0.2) is 164 Å². The lowest BCUT2D eigenvalue weighted by atomic mass is 10.1. The number of carbonyl (C=O) groups is 8. The zero-order valence-electron chi connectivity index (χ0n) is 47.7. The first-order chi connectivity index (χ1) is 41.9. The number of benzene rings is 8. The second-order valence-electron chi connectivity index (χ2n) is 18.4. The zero-order chi connectivity index (χ0) is 64.9. The summed E-state index contributed by atoms with van der Waals surface area (Å²) in [4.78, 5) is 94.5. The number of aryl methyl sites for hydroxylation is 2.